The molecule has 0 bridgehead atoms. The van der Waals surface area contributed by atoms with E-state index in [1.54, 1.807) is 0 Å². The maximum atomic E-state index is 13.1. The van der Waals surface area contributed by atoms with Crippen LogP contribution < -0.4 is 0 Å². The van der Waals surface area contributed by atoms with E-state index in [2.05, 4.69) is 18.7 Å². The van der Waals surface area contributed by atoms with E-state index >= 15 is 0 Å². The van der Waals surface area contributed by atoms with Crippen LogP contribution in [0, 0.1) is 17.7 Å². The van der Waals surface area contributed by atoms with E-state index in [9.17, 15) is 14.3 Å². The predicted molar refractivity (Wildman–Crippen MR) is 71.8 cm³/mol. The lowest BCUT2D eigenvalue weighted by Gasteiger charge is -2.34. The summed E-state index contributed by atoms with van der Waals surface area (Å²) >= 11 is 0. The molecule has 19 heavy (non-hydrogen) atoms. The zero-order valence-electron chi connectivity index (χ0n) is 11.4. The van der Waals surface area contributed by atoms with Gasteiger partial charge in [0.2, 0.25) is 0 Å². The van der Waals surface area contributed by atoms with Crippen molar-refractivity contribution < 1.29 is 14.3 Å². The molecule has 1 heterocycles. The first-order chi connectivity index (χ1) is 8.97. The fraction of sp³-hybridized carbons (Fsp3) is 0.533. The van der Waals surface area contributed by atoms with Gasteiger partial charge in [0, 0.05) is 6.54 Å². The van der Waals surface area contributed by atoms with Crippen LogP contribution in [0.25, 0.3) is 0 Å². The molecular weight excluding hydrogens is 245 g/mol. The topological polar surface area (TPSA) is 40.5 Å². The highest BCUT2D eigenvalue weighted by atomic mass is 19.1. The van der Waals surface area contributed by atoms with Crippen LogP contribution in [0.15, 0.2) is 18.2 Å². The van der Waals surface area contributed by atoms with Crippen LogP contribution in [0.5, 0.6) is 5.75 Å². The van der Waals surface area contributed by atoms with E-state index in [1.807, 2.05) is 0 Å². The highest BCUT2D eigenvalue weighted by Gasteiger charge is 2.25. The number of nitrogens with zero attached hydrogens (tertiary/aromatic N) is 1. The molecule has 0 saturated carbocycles. The number of benzene rings is 1. The molecule has 0 aromatic heterocycles. The molecule has 1 aliphatic heterocycles. The molecule has 104 valence electrons. The minimum atomic E-state index is -0.498. The van der Waals surface area contributed by atoms with E-state index in [0.29, 0.717) is 11.8 Å². The van der Waals surface area contributed by atoms with Gasteiger partial charge in [0.15, 0.2) is 5.78 Å². The van der Waals surface area contributed by atoms with Crippen molar-refractivity contribution in [1.82, 2.24) is 4.90 Å². The summed E-state index contributed by atoms with van der Waals surface area (Å²) in [5.74, 6) is 0.363. The quantitative estimate of drug-likeness (QED) is 0.854. The van der Waals surface area contributed by atoms with Crippen LogP contribution in [0.2, 0.25) is 0 Å². The lowest BCUT2D eigenvalue weighted by Crippen LogP contribution is -2.41. The first-order valence-electron chi connectivity index (χ1n) is 6.71. The van der Waals surface area contributed by atoms with Gasteiger partial charge < -0.3 is 5.11 Å². The number of rotatable bonds is 3. The Balaban J connectivity index is 2.03. The Morgan fingerprint density at radius 3 is 2.84 bits per heavy atom. The van der Waals surface area contributed by atoms with Gasteiger partial charge >= 0.3 is 0 Å². The van der Waals surface area contributed by atoms with Crippen molar-refractivity contribution in [1.29, 1.82) is 0 Å². The van der Waals surface area contributed by atoms with Crippen molar-refractivity contribution >= 4 is 5.78 Å². The molecule has 1 aromatic rings. The number of phenolic OH excluding ortho intramolecular Hbond substituents is 1. The van der Waals surface area contributed by atoms with Gasteiger partial charge in [-0.2, -0.15) is 0 Å². The number of ketones is 1. The molecule has 2 rings (SSSR count). The summed E-state index contributed by atoms with van der Waals surface area (Å²) in [6.07, 6.45) is 1.07. The monoisotopic (exact) mass is 265 g/mol. The maximum absolute atomic E-state index is 13.1. The molecule has 1 fully saturated rings. The summed E-state index contributed by atoms with van der Waals surface area (Å²) in [4.78, 5) is 14.2. The van der Waals surface area contributed by atoms with Gasteiger partial charge in [0.1, 0.15) is 11.6 Å². The first kappa shape index (κ1) is 14.0. The van der Waals surface area contributed by atoms with Gasteiger partial charge in [-0.25, -0.2) is 4.39 Å². The standard InChI is InChI=1S/C15H20FNO2/c1-10-5-6-17(8-11(10)2)9-15(19)13-7-12(16)3-4-14(13)18/h3-4,7,10-11,18H,5-6,8-9H2,1-2H3. The van der Waals surface area contributed by atoms with Crippen molar-refractivity contribution in [3.63, 3.8) is 0 Å². The molecule has 2 atom stereocenters. The van der Waals surface area contributed by atoms with Gasteiger partial charge in [-0.3, -0.25) is 9.69 Å². The fourth-order valence-corrected chi connectivity index (χ4v) is 2.51. The van der Waals surface area contributed by atoms with Crippen LogP contribution in [-0.4, -0.2) is 35.4 Å². The van der Waals surface area contributed by atoms with Crippen LogP contribution in [-0.2, 0) is 0 Å². The van der Waals surface area contributed by atoms with Gasteiger partial charge in [0.25, 0.3) is 0 Å². The van der Waals surface area contributed by atoms with Gasteiger partial charge in [-0.1, -0.05) is 13.8 Å². The Labute approximate surface area is 113 Å². The predicted octanol–water partition coefficient (Wildman–Crippen LogP) is 2.69. The molecule has 0 radical (unpaired) electrons. The smallest absolute Gasteiger partial charge is 0.180 e. The number of phenols is 1. The van der Waals surface area contributed by atoms with E-state index in [4.69, 9.17) is 0 Å². The average molecular weight is 265 g/mol. The summed E-state index contributed by atoms with van der Waals surface area (Å²) < 4.78 is 13.1. The molecule has 0 aliphatic carbocycles. The number of carbonyl (C=O) groups is 1. The third-order valence-electron chi connectivity index (χ3n) is 4.04. The largest absolute Gasteiger partial charge is 0.507 e. The molecule has 0 amide bonds. The minimum Gasteiger partial charge on any atom is -0.507 e. The molecule has 0 spiro atoms. The van der Waals surface area contributed by atoms with Crippen LogP contribution in [0.1, 0.15) is 30.6 Å². The van der Waals surface area contributed by atoms with Gasteiger partial charge in [-0.05, 0) is 43.0 Å². The number of carbonyl (C=O) groups excluding carboxylic acids is 1. The molecule has 1 aliphatic rings. The Bertz CT molecular complexity index is 475. The van der Waals surface area contributed by atoms with Crippen molar-refractivity contribution in [2.75, 3.05) is 19.6 Å². The van der Waals surface area contributed by atoms with E-state index < -0.39 is 5.82 Å². The summed E-state index contributed by atoms with van der Waals surface area (Å²) in [6.45, 7) is 6.41. The Morgan fingerprint density at radius 1 is 1.42 bits per heavy atom. The lowest BCUT2D eigenvalue weighted by molar-refractivity contribution is 0.0846. The zero-order chi connectivity index (χ0) is 14.0. The Kier molecular flexibility index (Phi) is 4.20. The average Bonchev–Trinajstić information content (AvgIpc) is 2.36. The van der Waals surface area contributed by atoms with Crippen molar-refractivity contribution in [3.8, 4) is 5.75 Å². The number of Topliss-reactive ketones (excluding diaryl/α,β-unsaturated/α-hetero) is 1. The number of halogens is 1. The summed E-state index contributed by atoms with van der Waals surface area (Å²) in [5.41, 5.74) is 0.0753. The molecular formula is C15H20FNO2. The van der Waals surface area contributed by atoms with Gasteiger partial charge in [-0.15, -0.1) is 0 Å². The second-order valence-electron chi connectivity index (χ2n) is 5.56. The second-order valence-corrected chi connectivity index (χ2v) is 5.56. The fourth-order valence-electron chi connectivity index (χ4n) is 2.51. The van der Waals surface area contributed by atoms with Crippen molar-refractivity contribution in [2.24, 2.45) is 11.8 Å². The molecule has 4 heteroatoms. The number of hydrogen-bond acceptors (Lipinski definition) is 3. The van der Waals surface area contributed by atoms with Crippen LogP contribution >= 0.6 is 0 Å². The molecule has 1 aromatic carbocycles. The third-order valence-corrected chi connectivity index (χ3v) is 4.04. The lowest BCUT2D eigenvalue weighted by atomic mass is 9.88. The molecule has 1 saturated heterocycles. The van der Waals surface area contributed by atoms with E-state index in [0.717, 1.165) is 31.6 Å². The van der Waals surface area contributed by atoms with Crippen LogP contribution in [0.4, 0.5) is 4.39 Å². The Hall–Kier alpha value is -1.42. The summed E-state index contributed by atoms with van der Waals surface area (Å²) in [6, 6.07) is 3.48. The maximum Gasteiger partial charge on any atom is 0.180 e. The van der Waals surface area contributed by atoms with Crippen molar-refractivity contribution in [2.45, 2.75) is 20.3 Å². The van der Waals surface area contributed by atoms with E-state index in [1.165, 1.54) is 6.07 Å². The van der Waals surface area contributed by atoms with Crippen LogP contribution in [0.3, 0.4) is 0 Å². The zero-order valence-corrected chi connectivity index (χ0v) is 11.4. The number of hydrogen-bond donors (Lipinski definition) is 1. The number of likely N-dealkylation sites (tertiary alicyclic amines) is 1. The highest BCUT2D eigenvalue weighted by molar-refractivity contribution is 6.00. The minimum absolute atomic E-state index is 0.0753. The molecule has 3 nitrogen and oxygen atoms in total. The molecule has 1 N–H and O–H groups in total. The highest BCUT2D eigenvalue weighted by Crippen LogP contribution is 2.24. The number of aromatic hydroxyl groups is 1. The first-order valence-corrected chi connectivity index (χ1v) is 6.71. The SMILES string of the molecule is CC1CCN(CC(=O)c2cc(F)ccc2O)CC1C. The second kappa shape index (κ2) is 5.70. The summed E-state index contributed by atoms with van der Waals surface area (Å²) in [5, 5.41) is 9.62. The van der Waals surface area contributed by atoms with E-state index in [-0.39, 0.29) is 23.6 Å². The third kappa shape index (κ3) is 3.32. The molecule has 2 unspecified atom stereocenters. The summed E-state index contributed by atoms with van der Waals surface area (Å²) in [7, 11) is 0. The Morgan fingerprint density at radius 2 is 2.16 bits per heavy atom. The van der Waals surface area contributed by atoms with Crippen molar-refractivity contribution in [3.05, 3.63) is 29.6 Å². The van der Waals surface area contributed by atoms with Gasteiger partial charge in [0.05, 0.1) is 12.1 Å². The normalized spacial score (nSPS) is 24.4. The number of piperidine rings is 1.